The molecule has 0 aliphatic rings. The molecule has 0 amide bonds. The fourth-order valence-corrected chi connectivity index (χ4v) is 6.37. The molecule has 3 aromatic carbocycles. The highest BCUT2D eigenvalue weighted by molar-refractivity contribution is 7.94. The average Bonchev–Trinajstić information content (AvgIpc) is 3.28. The van der Waals surface area contributed by atoms with Crippen LogP contribution in [0.1, 0.15) is 11.1 Å². The number of halogens is 1. The van der Waals surface area contributed by atoms with Crippen molar-refractivity contribution in [3.63, 3.8) is 0 Å². The van der Waals surface area contributed by atoms with Gasteiger partial charge in [0.2, 0.25) is 30.6 Å². The zero-order chi connectivity index (χ0) is 23.6. The van der Waals surface area contributed by atoms with Crippen LogP contribution in [0.15, 0.2) is 98.3 Å². The van der Waals surface area contributed by atoms with Gasteiger partial charge < -0.3 is 4.42 Å². The van der Waals surface area contributed by atoms with Gasteiger partial charge in [0, 0.05) is 10.6 Å². The van der Waals surface area contributed by atoms with Crippen LogP contribution in [0.3, 0.4) is 0 Å². The van der Waals surface area contributed by atoms with Crippen LogP contribution >= 0.6 is 11.6 Å². The molecule has 4 aromatic rings. The molecule has 0 atom stereocenters. The zero-order valence-electron chi connectivity index (χ0n) is 16.8. The lowest BCUT2D eigenvalue weighted by atomic mass is 10.2. The van der Waals surface area contributed by atoms with Crippen LogP contribution < -0.4 is 0 Å². The molecule has 0 N–H and O–H groups in total. The van der Waals surface area contributed by atoms with Crippen LogP contribution in [0.5, 0.6) is 0 Å². The standard InChI is InChI=1S/C23H15ClN2O5S2/c24-19-12-10-18(11-13-19)21-26-22(33(29,30)20-4-2-1-3-5-20)23(31-21)32(27,28)15-17-8-6-16(14-25)7-9-17/h1-13H,15H2. The van der Waals surface area contributed by atoms with E-state index >= 15 is 0 Å². The van der Waals surface area contributed by atoms with Crippen molar-refractivity contribution in [2.24, 2.45) is 0 Å². The van der Waals surface area contributed by atoms with Crippen LogP contribution in [-0.2, 0) is 25.4 Å². The third-order valence-corrected chi connectivity index (χ3v) is 8.30. The number of rotatable bonds is 6. The highest BCUT2D eigenvalue weighted by atomic mass is 35.5. The number of hydrogen-bond acceptors (Lipinski definition) is 7. The van der Waals surface area contributed by atoms with Gasteiger partial charge in [0.25, 0.3) is 5.09 Å². The quantitative estimate of drug-likeness (QED) is 0.379. The van der Waals surface area contributed by atoms with E-state index in [4.69, 9.17) is 21.3 Å². The number of sulfone groups is 2. The van der Waals surface area contributed by atoms with E-state index in [2.05, 4.69) is 4.98 Å². The van der Waals surface area contributed by atoms with Crippen molar-refractivity contribution in [1.82, 2.24) is 4.98 Å². The van der Waals surface area contributed by atoms with E-state index < -0.39 is 35.5 Å². The molecule has 0 saturated heterocycles. The normalized spacial score (nSPS) is 11.8. The van der Waals surface area contributed by atoms with Crippen molar-refractivity contribution >= 4 is 31.3 Å². The first-order chi connectivity index (χ1) is 15.7. The van der Waals surface area contributed by atoms with Crippen LogP contribution in [0.25, 0.3) is 11.5 Å². The molecule has 0 aliphatic carbocycles. The number of nitrogens with zero attached hydrogens (tertiary/aromatic N) is 2. The maximum absolute atomic E-state index is 13.3. The minimum atomic E-state index is -4.30. The summed E-state index contributed by atoms with van der Waals surface area (Å²) >= 11 is 5.91. The molecular formula is C23H15ClN2O5S2. The minimum absolute atomic E-state index is 0.115. The zero-order valence-corrected chi connectivity index (χ0v) is 19.2. The molecule has 0 unspecified atom stereocenters. The fraction of sp³-hybridized carbons (Fsp3) is 0.0435. The van der Waals surface area contributed by atoms with E-state index in [0.29, 0.717) is 21.7 Å². The summed E-state index contributed by atoms with van der Waals surface area (Å²) in [6.07, 6.45) is 0. The third kappa shape index (κ3) is 4.68. The summed E-state index contributed by atoms with van der Waals surface area (Å²) in [5.41, 5.74) is 1.10. The van der Waals surface area contributed by atoms with Crippen LogP contribution in [0.4, 0.5) is 0 Å². The molecule has 4 rings (SSSR count). The lowest BCUT2D eigenvalue weighted by Crippen LogP contribution is -2.11. The van der Waals surface area contributed by atoms with E-state index in [1.165, 1.54) is 48.5 Å². The fourth-order valence-electron chi connectivity index (χ4n) is 3.05. The van der Waals surface area contributed by atoms with Crippen LogP contribution in [-0.4, -0.2) is 21.8 Å². The van der Waals surface area contributed by atoms with Crippen molar-refractivity contribution < 1.29 is 21.3 Å². The summed E-state index contributed by atoms with van der Waals surface area (Å²) in [6, 6.07) is 21.5. The second-order valence-electron chi connectivity index (χ2n) is 7.00. The molecule has 0 spiro atoms. The molecule has 10 heteroatoms. The maximum Gasteiger partial charge on any atom is 0.258 e. The molecule has 0 saturated carbocycles. The van der Waals surface area contributed by atoms with Gasteiger partial charge >= 0.3 is 0 Å². The first kappa shape index (κ1) is 22.7. The van der Waals surface area contributed by atoms with Crippen molar-refractivity contribution in [3.8, 4) is 17.5 Å². The molecule has 0 bridgehead atoms. The number of nitriles is 1. The topological polar surface area (TPSA) is 118 Å². The molecular weight excluding hydrogens is 484 g/mol. The first-order valence-electron chi connectivity index (χ1n) is 9.49. The Kier molecular flexibility index (Phi) is 6.08. The summed E-state index contributed by atoms with van der Waals surface area (Å²) < 4.78 is 58.7. The maximum atomic E-state index is 13.3. The van der Waals surface area contributed by atoms with Crippen molar-refractivity contribution in [1.29, 1.82) is 5.26 Å². The number of oxazole rings is 1. The molecule has 1 aromatic heterocycles. The molecule has 33 heavy (non-hydrogen) atoms. The van der Waals surface area contributed by atoms with Gasteiger partial charge in [-0.15, -0.1) is 0 Å². The Morgan fingerprint density at radius 2 is 1.52 bits per heavy atom. The Bertz CT molecular complexity index is 1550. The number of benzene rings is 3. The lowest BCUT2D eigenvalue weighted by Gasteiger charge is -2.05. The molecule has 7 nitrogen and oxygen atoms in total. The highest BCUT2D eigenvalue weighted by Crippen LogP contribution is 2.33. The van der Waals surface area contributed by atoms with Gasteiger partial charge in [-0.2, -0.15) is 10.2 Å². The predicted octanol–water partition coefficient (Wildman–Crippen LogP) is 4.67. The molecule has 1 heterocycles. The summed E-state index contributed by atoms with van der Waals surface area (Å²) in [5.74, 6) is -0.703. The minimum Gasteiger partial charge on any atom is -0.423 e. The Morgan fingerprint density at radius 3 is 2.12 bits per heavy atom. The van der Waals surface area contributed by atoms with Crippen molar-refractivity contribution in [2.75, 3.05) is 0 Å². The second-order valence-corrected chi connectivity index (χ2v) is 11.2. The molecule has 0 aliphatic heterocycles. The summed E-state index contributed by atoms with van der Waals surface area (Å²) in [6.45, 7) is 0. The van der Waals surface area contributed by atoms with Crippen molar-refractivity contribution in [2.45, 2.75) is 20.8 Å². The Labute approximate surface area is 195 Å². The average molecular weight is 499 g/mol. The van der Waals surface area contributed by atoms with Gasteiger partial charge in [-0.1, -0.05) is 41.9 Å². The first-order valence-corrected chi connectivity index (χ1v) is 13.0. The predicted molar refractivity (Wildman–Crippen MR) is 121 cm³/mol. The largest absolute Gasteiger partial charge is 0.423 e. The van der Waals surface area contributed by atoms with E-state index in [1.54, 1.807) is 30.3 Å². The van der Waals surface area contributed by atoms with Crippen LogP contribution in [0.2, 0.25) is 5.02 Å². The SMILES string of the molecule is N#Cc1ccc(CS(=O)(=O)c2oc(-c3ccc(Cl)cc3)nc2S(=O)(=O)c2ccccc2)cc1. The van der Waals surface area contributed by atoms with Gasteiger partial charge in [-0.25, -0.2) is 16.8 Å². The van der Waals surface area contributed by atoms with Crippen LogP contribution in [0, 0.1) is 11.3 Å². The van der Waals surface area contributed by atoms with Gasteiger partial charge in [-0.3, -0.25) is 0 Å². The van der Waals surface area contributed by atoms with Gasteiger partial charge in [0.15, 0.2) is 0 Å². The van der Waals surface area contributed by atoms with Gasteiger partial charge in [0.1, 0.15) is 0 Å². The number of hydrogen-bond donors (Lipinski definition) is 0. The van der Waals surface area contributed by atoms with E-state index in [-0.39, 0.29) is 10.8 Å². The van der Waals surface area contributed by atoms with Gasteiger partial charge in [0.05, 0.1) is 22.3 Å². The van der Waals surface area contributed by atoms with E-state index in [1.807, 2.05) is 6.07 Å². The molecule has 0 fully saturated rings. The lowest BCUT2D eigenvalue weighted by molar-refractivity contribution is 0.444. The summed E-state index contributed by atoms with van der Waals surface area (Å²) in [7, 11) is -8.57. The van der Waals surface area contributed by atoms with Gasteiger partial charge in [-0.05, 0) is 54.1 Å². The molecule has 0 radical (unpaired) electrons. The summed E-state index contributed by atoms with van der Waals surface area (Å²) in [5, 5.41) is 7.94. The Hall–Kier alpha value is -3.45. The second kappa shape index (κ2) is 8.83. The summed E-state index contributed by atoms with van der Waals surface area (Å²) in [4.78, 5) is 3.96. The van der Waals surface area contributed by atoms with Crippen molar-refractivity contribution in [3.05, 3.63) is 95.0 Å². The Morgan fingerprint density at radius 1 is 0.879 bits per heavy atom. The van der Waals surface area contributed by atoms with E-state index in [0.717, 1.165) is 0 Å². The monoisotopic (exact) mass is 498 g/mol. The number of aromatic nitrogens is 1. The smallest absolute Gasteiger partial charge is 0.258 e. The highest BCUT2D eigenvalue weighted by Gasteiger charge is 2.35. The Balaban J connectivity index is 1.86. The third-order valence-electron chi connectivity index (χ3n) is 4.69. The molecule has 166 valence electrons. The van der Waals surface area contributed by atoms with E-state index in [9.17, 15) is 16.8 Å².